The summed E-state index contributed by atoms with van der Waals surface area (Å²) < 4.78 is 8.06. The van der Waals surface area contributed by atoms with Crippen LogP contribution in [0.2, 0.25) is 18.1 Å². The van der Waals surface area contributed by atoms with Crippen LogP contribution < -0.4 is 0 Å². The summed E-state index contributed by atoms with van der Waals surface area (Å²) >= 11 is 2.52. The monoisotopic (exact) mass is 452 g/mol. The first-order valence-corrected chi connectivity index (χ1v) is 13.7. The highest BCUT2D eigenvalue weighted by Gasteiger charge is 2.42. The van der Waals surface area contributed by atoms with Crippen molar-refractivity contribution in [1.29, 1.82) is 0 Å². The fraction of sp³-hybridized carbons (Fsp3) is 0.900. The Labute approximate surface area is 161 Å². The van der Waals surface area contributed by atoms with Crippen LogP contribution in [0, 0.1) is 23.7 Å². The quantitative estimate of drug-likeness (QED) is 0.154. The molecule has 0 aromatic carbocycles. The summed E-state index contributed by atoms with van der Waals surface area (Å²) in [4.78, 5) is 0. The molecule has 0 aromatic rings. The second kappa shape index (κ2) is 9.96. The zero-order chi connectivity index (χ0) is 18.4. The Bertz CT molecular complexity index is 359. The van der Waals surface area contributed by atoms with Crippen molar-refractivity contribution >= 4 is 30.9 Å². The van der Waals surface area contributed by atoms with Gasteiger partial charge in [0.15, 0.2) is 8.32 Å². The van der Waals surface area contributed by atoms with Crippen LogP contribution in [0.15, 0.2) is 12.2 Å². The standard InChI is InChI=1S/C20H41IOSi/c1-11-12-13-15(2)17(4)18(5)19(16(3)14-21)22-23(9,10)20(6,7)8/h12-13,15-19H,11,14H2,1-10H3/b13-12-/t15?,16-,17-,18+,19+/m0/s1. The summed E-state index contributed by atoms with van der Waals surface area (Å²) in [5.74, 6) is 2.42. The van der Waals surface area contributed by atoms with E-state index < -0.39 is 8.32 Å². The molecule has 1 unspecified atom stereocenters. The summed E-state index contributed by atoms with van der Waals surface area (Å²) in [7, 11) is -1.74. The third-order valence-corrected chi connectivity index (χ3v) is 11.8. The topological polar surface area (TPSA) is 9.23 Å². The van der Waals surface area contributed by atoms with Crippen molar-refractivity contribution in [3.8, 4) is 0 Å². The van der Waals surface area contributed by atoms with Gasteiger partial charge in [-0.25, -0.2) is 0 Å². The number of hydrogen-bond donors (Lipinski definition) is 0. The summed E-state index contributed by atoms with van der Waals surface area (Å²) in [5.41, 5.74) is 0. The van der Waals surface area contributed by atoms with E-state index in [9.17, 15) is 0 Å². The van der Waals surface area contributed by atoms with Crippen LogP contribution in [-0.4, -0.2) is 18.8 Å². The third kappa shape index (κ3) is 7.19. The van der Waals surface area contributed by atoms with Gasteiger partial charge in [0.1, 0.15) is 0 Å². The van der Waals surface area contributed by atoms with Gasteiger partial charge in [0.05, 0.1) is 6.10 Å². The average molecular weight is 453 g/mol. The summed E-state index contributed by atoms with van der Waals surface area (Å²) in [6.07, 6.45) is 6.18. The predicted octanol–water partition coefficient (Wildman–Crippen LogP) is 7.32. The molecule has 0 aliphatic carbocycles. The van der Waals surface area contributed by atoms with Gasteiger partial charge < -0.3 is 4.43 Å². The van der Waals surface area contributed by atoms with Crippen LogP contribution in [0.1, 0.15) is 61.8 Å². The maximum Gasteiger partial charge on any atom is 0.192 e. The van der Waals surface area contributed by atoms with Crippen molar-refractivity contribution in [1.82, 2.24) is 0 Å². The zero-order valence-electron chi connectivity index (χ0n) is 17.2. The number of halogens is 1. The van der Waals surface area contributed by atoms with E-state index in [1.165, 1.54) is 0 Å². The summed E-state index contributed by atoms with van der Waals surface area (Å²) in [5, 5.41) is 0.271. The Morgan fingerprint density at radius 2 is 1.57 bits per heavy atom. The van der Waals surface area contributed by atoms with Crippen molar-refractivity contribution in [3.05, 3.63) is 12.2 Å². The lowest BCUT2D eigenvalue weighted by molar-refractivity contribution is 0.0517. The highest BCUT2D eigenvalue weighted by atomic mass is 127. The van der Waals surface area contributed by atoms with Gasteiger partial charge in [-0.15, -0.1) is 0 Å². The van der Waals surface area contributed by atoms with Gasteiger partial charge in [-0.3, -0.25) is 0 Å². The maximum atomic E-state index is 6.90. The second-order valence-corrected chi connectivity index (χ2v) is 14.5. The van der Waals surface area contributed by atoms with E-state index in [1.807, 2.05) is 0 Å². The van der Waals surface area contributed by atoms with E-state index >= 15 is 0 Å². The number of rotatable bonds is 9. The fourth-order valence-electron chi connectivity index (χ4n) is 2.65. The first-order chi connectivity index (χ1) is 10.4. The predicted molar refractivity (Wildman–Crippen MR) is 117 cm³/mol. The molecule has 5 atom stereocenters. The second-order valence-electron chi connectivity index (χ2n) is 8.89. The molecule has 0 spiro atoms. The molecule has 0 saturated heterocycles. The molecule has 0 aliphatic rings. The lowest BCUT2D eigenvalue weighted by Crippen LogP contribution is -2.48. The maximum absolute atomic E-state index is 6.90. The molecule has 23 heavy (non-hydrogen) atoms. The lowest BCUT2D eigenvalue weighted by atomic mass is 9.78. The number of alkyl halides is 1. The van der Waals surface area contributed by atoms with E-state index in [2.05, 4.69) is 103 Å². The molecule has 0 fully saturated rings. The molecule has 0 saturated carbocycles. The molecule has 0 rings (SSSR count). The van der Waals surface area contributed by atoms with Crippen molar-refractivity contribution < 1.29 is 4.43 Å². The summed E-state index contributed by atoms with van der Waals surface area (Å²) in [6.45, 7) is 23.5. The van der Waals surface area contributed by atoms with Crippen LogP contribution in [-0.2, 0) is 4.43 Å². The Balaban J connectivity index is 5.28. The Morgan fingerprint density at radius 3 is 1.96 bits per heavy atom. The van der Waals surface area contributed by atoms with Gasteiger partial charge in [-0.05, 0) is 48.2 Å². The molecule has 138 valence electrons. The van der Waals surface area contributed by atoms with Gasteiger partial charge in [-0.1, -0.05) is 90.1 Å². The minimum Gasteiger partial charge on any atom is -0.413 e. The Kier molecular flexibility index (Phi) is 10.2. The summed E-state index contributed by atoms with van der Waals surface area (Å²) in [6, 6.07) is 0. The van der Waals surface area contributed by atoms with Gasteiger partial charge in [-0.2, -0.15) is 0 Å². The van der Waals surface area contributed by atoms with Crippen LogP contribution in [0.5, 0.6) is 0 Å². The smallest absolute Gasteiger partial charge is 0.192 e. The van der Waals surface area contributed by atoms with Gasteiger partial charge in [0.2, 0.25) is 0 Å². The number of hydrogen-bond acceptors (Lipinski definition) is 1. The largest absolute Gasteiger partial charge is 0.413 e. The van der Waals surface area contributed by atoms with Crippen molar-refractivity contribution in [2.24, 2.45) is 23.7 Å². The Morgan fingerprint density at radius 1 is 1.04 bits per heavy atom. The van der Waals surface area contributed by atoms with E-state index in [0.29, 0.717) is 29.8 Å². The highest BCUT2D eigenvalue weighted by Crippen LogP contribution is 2.41. The molecule has 0 bridgehead atoms. The van der Waals surface area contributed by atoms with E-state index in [0.717, 1.165) is 10.8 Å². The van der Waals surface area contributed by atoms with Crippen LogP contribution in [0.3, 0.4) is 0 Å². The number of allylic oxidation sites excluding steroid dienone is 2. The van der Waals surface area contributed by atoms with Crippen molar-refractivity contribution in [2.75, 3.05) is 4.43 Å². The zero-order valence-corrected chi connectivity index (χ0v) is 20.4. The molecule has 0 radical (unpaired) electrons. The van der Waals surface area contributed by atoms with E-state index in [1.54, 1.807) is 0 Å². The van der Waals surface area contributed by atoms with Crippen molar-refractivity contribution in [2.45, 2.75) is 86.0 Å². The van der Waals surface area contributed by atoms with Crippen molar-refractivity contribution in [3.63, 3.8) is 0 Å². The molecule has 0 aromatic heterocycles. The molecule has 3 heteroatoms. The third-order valence-electron chi connectivity index (χ3n) is 5.89. The molecule has 0 aliphatic heterocycles. The molecular weight excluding hydrogens is 411 g/mol. The van der Waals surface area contributed by atoms with Crippen LogP contribution in [0.4, 0.5) is 0 Å². The Hall–Kier alpha value is 0.647. The highest BCUT2D eigenvalue weighted by molar-refractivity contribution is 14.1. The van der Waals surface area contributed by atoms with Gasteiger partial charge in [0, 0.05) is 4.43 Å². The minimum atomic E-state index is -1.74. The molecular formula is C20H41IOSi. The first kappa shape index (κ1) is 23.6. The van der Waals surface area contributed by atoms with E-state index in [4.69, 9.17) is 4.43 Å². The average Bonchev–Trinajstić information content (AvgIpc) is 2.46. The minimum absolute atomic E-state index is 0.271. The van der Waals surface area contributed by atoms with Gasteiger partial charge >= 0.3 is 0 Å². The van der Waals surface area contributed by atoms with Crippen LogP contribution >= 0.6 is 22.6 Å². The van der Waals surface area contributed by atoms with Crippen LogP contribution in [0.25, 0.3) is 0 Å². The normalized spacial score (nSPS) is 20.3. The van der Waals surface area contributed by atoms with Gasteiger partial charge in [0.25, 0.3) is 0 Å². The molecule has 1 nitrogen and oxygen atoms in total. The SMILES string of the molecule is CC/C=C\C(C)[C@H](C)[C@@H](C)[C@H](O[Si](C)(C)C(C)(C)C)[C@@H](C)CI. The first-order valence-electron chi connectivity index (χ1n) is 9.29. The molecule has 0 heterocycles. The van der Waals surface area contributed by atoms with E-state index in [-0.39, 0.29) is 5.04 Å². The lowest BCUT2D eigenvalue weighted by Gasteiger charge is -2.44. The molecule has 0 amide bonds. The fourth-order valence-corrected chi connectivity index (χ4v) is 4.63. The molecule has 0 N–H and O–H groups in total.